The summed E-state index contributed by atoms with van der Waals surface area (Å²) in [5.41, 5.74) is 4.77. The fourth-order valence-electron chi connectivity index (χ4n) is 2.07. The van der Waals surface area contributed by atoms with E-state index in [1.54, 1.807) is 12.5 Å². The lowest BCUT2D eigenvalue weighted by Crippen LogP contribution is -1.84. The summed E-state index contributed by atoms with van der Waals surface area (Å²) in [6, 6.07) is 10.7. The molecule has 0 aliphatic rings. The van der Waals surface area contributed by atoms with Crippen molar-refractivity contribution in [1.29, 1.82) is 0 Å². The van der Waals surface area contributed by atoms with Crippen LogP contribution in [0.1, 0.15) is 25.5 Å². The van der Waals surface area contributed by atoms with Gasteiger partial charge in [0.2, 0.25) is 0 Å². The Morgan fingerprint density at radius 2 is 1.94 bits per heavy atom. The molecule has 2 heterocycles. The highest BCUT2D eigenvalue weighted by Crippen LogP contribution is 2.26. The van der Waals surface area contributed by atoms with Crippen molar-refractivity contribution in [3.05, 3.63) is 48.6 Å². The van der Waals surface area contributed by atoms with Crippen molar-refractivity contribution in [1.82, 2.24) is 4.98 Å². The second-order valence-corrected chi connectivity index (χ2v) is 4.69. The van der Waals surface area contributed by atoms with Crippen LogP contribution in [0.25, 0.3) is 22.0 Å². The Morgan fingerprint density at radius 1 is 1.06 bits per heavy atom. The molecule has 0 unspecified atom stereocenters. The minimum atomic E-state index is 0.528. The van der Waals surface area contributed by atoms with Crippen LogP contribution < -0.4 is 0 Å². The van der Waals surface area contributed by atoms with E-state index in [9.17, 15) is 0 Å². The number of aromatic nitrogens is 1. The second-order valence-electron chi connectivity index (χ2n) is 4.69. The highest BCUT2D eigenvalue weighted by Gasteiger charge is 2.06. The maximum absolute atomic E-state index is 5.11. The van der Waals surface area contributed by atoms with E-state index in [1.165, 1.54) is 22.2 Å². The molecular formula is C15H15NO. The highest BCUT2D eigenvalue weighted by atomic mass is 16.3. The molecule has 0 atom stereocenters. The van der Waals surface area contributed by atoms with Crippen LogP contribution in [0.5, 0.6) is 0 Å². The first kappa shape index (κ1) is 10.2. The van der Waals surface area contributed by atoms with Gasteiger partial charge in [-0.05, 0) is 35.1 Å². The van der Waals surface area contributed by atoms with Gasteiger partial charge in [0, 0.05) is 16.8 Å². The monoisotopic (exact) mass is 225 g/mol. The Labute approximate surface area is 100 Å². The topological polar surface area (TPSA) is 28.9 Å². The van der Waals surface area contributed by atoms with Crippen LogP contribution in [0.15, 0.2) is 47.3 Å². The number of rotatable bonds is 2. The summed E-state index contributed by atoms with van der Waals surface area (Å²) < 4.78 is 5.11. The van der Waals surface area contributed by atoms with E-state index in [1.807, 2.05) is 6.07 Å². The zero-order chi connectivity index (χ0) is 11.8. The molecule has 0 amide bonds. The Morgan fingerprint density at radius 3 is 2.65 bits per heavy atom. The van der Waals surface area contributed by atoms with Crippen LogP contribution in [-0.4, -0.2) is 4.98 Å². The first-order valence-electron chi connectivity index (χ1n) is 5.89. The van der Waals surface area contributed by atoms with Gasteiger partial charge in [0.25, 0.3) is 0 Å². The summed E-state index contributed by atoms with van der Waals surface area (Å²) in [5, 5.41) is 1.26. The summed E-state index contributed by atoms with van der Waals surface area (Å²) in [7, 11) is 0. The molecule has 3 aromatic rings. The lowest BCUT2D eigenvalue weighted by Gasteiger charge is -1.98. The molecule has 0 radical (unpaired) electrons. The molecule has 0 aliphatic heterocycles. The van der Waals surface area contributed by atoms with Gasteiger partial charge in [-0.3, -0.25) is 0 Å². The average molecular weight is 225 g/mol. The molecule has 86 valence electrons. The minimum Gasteiger partial charge on any atom is -0.472 e. The number of aromatic amines is 1. The summed E-state index contributed by atoms with van der Waals surface area (Å²) in [6.07, 6.45) is 3.47. The zero-order valence-electron chi connectivity index (χ0n) is 10.0. The molecule has 0 saturated carbocycles. The number of nitrogens with one attached hydrogen (secondary N) is 1. The van der Waals surface area contributed by atoms with Crippen molar-refractivity contribution >= 4 is 10.9 Å². The Bertz CT molecular complexity index is 632. The zero-order valence-corrected chi connectivity index (χ0v) is 10.0. The third kappa shape index (κ3) is 1.76. The minimum absolute atomic E-state index is 0.528. The van der Waals surface area contributed by atoms with Gasteiger partial charge in [0.05, 0.1) is 12.5 Å². The standard InChI is InChI=1S/C15H15NO/c1-10(2)14-8-12-4-3-11(7-15(12)16-14)13-5-6-17-9-13/h3-10,16H,1-2H3. The van der Waals surface area contributed by atoms with E-state index in [0.29, 0.717) is 5.92 Å². The molecule has 0 fully saturated rings. The maximum atomic E-state index is 5.11. The molecule has 0 spiro atoms. The fraction of sp³-hybridized carbons (Fsp3) is 0.200. The van der Waals surface area contributed by atoms with Crippen LogP contribution in [0, 0.1) is 0 Å². The number of furan rings is 1. The Hall–Kier alpha value is -1.96. The lowest BCUT2D eigenvalue weighted by atomic mass is 10.1. The normalized spacial score (nSPS) is 11.5. The van der Waals surface area contributed by atoms with Crippen LogP contribution in [-0.2, 0) is 0 Å². The van der Waals surface area contributed by atoms with E-state index >= 15 is 0 Å². The van der Waals surface area contributed by atoms with Crippen LogP contribution in [0.3, 0.4) is 0 Å². The molecule has 1 aromatic carbocycles. The van der Waals surface area contributed by atoms with E-state index in [0.717, 1.165) is 5.56 Å². The Balaban J connectivity index is 2.13. The Kier molecular flexibility index (Phi) is 2.29. The third-order valence-electron chi connectivity index (χ3n) is 3.12. The van der Waals surface area contributed by atoms with Crippen molar-refractivity contribution in [2.24, 2.45) is 0 Å². The van der Waals surface area contributed by atoms with Crippen molar-refractivity contribution in [2.45, 2.75) is 19.8 Å². The van der Waals surface area contributed by atoms with Gasteiger partial charge in [-0.15, -0.1) is 0 Å². The van der Waals surface area contributed by atoms with E-state index < -0.39 is 0 Å². The van der Waals surface area contributed by atoms with E-state index in [4.69, 9.17) is 4.42 Å². The fourth-order valence-corrected chi connectivity index (χ4v) is 2.07. The largest absolute Gasteiger partial charge is 0.472 e. The summed E-state index contributed by atoms with van der Waals surface area (Å²) in [5.74, 6) is 0.528. The van der Waals surface area contributed by atoms with Gasteiger partial charge in [-0.25, -0.2) is 0 Å². The van der Waals surface area contributed by atoms with Crippen LogP contribution >= 0.6 is 0 Å². The predicted molar refractivity (Wildman–Crippen MR) is 70.1 cm³/mol. The summed E-state index contributed by atoms with van der Waals surface area (Å²) in [6.45, 7) is 4.39. The maximum Gasteiger partial charge on any atom is 0.0980 e. The van der Waals surface area contributed by atoms with Crippen molar-refractivity contribution in [2.75, 3.05) is 0 Å². The number of H-pyrrole nitrogens is 1. The van der Waals surface area contributed by atoms with Crippen molar-refractivity contribution < 1.29 is 4.42 Å². The molecule has 2 heteroatoms. The molecule has 17 heavy (non-hydrogen) atoms. The number of fused-ring (bicyclic) bond motifs is 1. The van der Waals surface area contributed by atoms with Crippen molar-refractivity contribution in [3.8, 4) is 11.1 Å². The van der Waals surface area contributed by atoms with Gasteiger partial charge in [-0.2, -0.15) is 0 Å². The SMILES string of the molecule is CC(C)c1cc2ccc(-c3ccoc3)cc2[nH]1. The van der Waals surface area contributed by atoms with Crippen LogP contribution in [0.4, 0.5) is 0 Å². The molecule has 0 aliphatic carbocycles. The highest BCUT2D eigenvalue weighted by molar-refractivity contribution is 5.85. The van der Waals surface area contributed by atoms with Gasteiger partial charge in [0.15, 0.2) is 0 Å². The van der Waals surface area contributed by atoms with E-state index in [-0.39, 0.29) is 0 Å². The molecule has 0 saturated heterocycles. The van der Waals surface area contributed by atoms with Gasteiger partial charge in [-0.1, -0.05) is 26.0 Å². The number of hydrogen-bond donors (Lipinski definition) is 1. The lowest BCUT2D eigenvalue weighted by molar-refractivity contribution is 0.568. The molecule has 0 bridgehead atoms. The van der Waals surface area contributed by atoms with Gasteiger partial charge in [0.1, 0.15) is 0 Å². The second kappa shape index (κ2) is 3.81. The van der Waals surface area contributed by atoms with Gasteiger partial charge < -0.3 is 9.40 Å². The smallest absolute Gasteiger partial charge is 0.0980 e. The molecule has 2 aromatic heterocycles. The molecule has 1 N–H and O–H groups in total. The van der Waals surface area contributed by atoms with Crippen molar-refractivity contribution in [3.63, 3.8) is 0 Å². The first-order valence-corrected chi connectivity index (χ1v) is 5.89. The first-order chi connectivity index (χ1) is 8.24. The molecule has 2 nitrogen and oxygen atoms in total. The third-order valence-corrected chi connectivity index (χ3v) is 3.12. The van der Waals surface area contributed by atoms with Crippen LogP contribution in [0.2, 0.25) is 0 Å². The average Bonchev–Trinajstić information content (AvgIpc) is 2.97. The summed E-state index contributed by atoms with van der Waals surface area (Å²) >= 11 is 0. The number of benzene rings is 1. The quantitative estimate of drug-likeness (QED) is 0.681. The summed E-state index contributed by atoms with van der Waals surface area (Å²) in [4.78, 5) is 3.47. The number of hydrogen-bond acceptors (Lipinski definition) is 1. The molecular weight excluding hydrogens is 210 g/mol. The molecule has 3 rings (SSSR count). The predicted octanol–water partition coefficient (Wildman–Crippen LogP) is 4.55. The van der Waals surface area contributed by atoms with E-state index in [2.05, 4.69) is 43.1 Å². The van der Waals surface area contributed by atoms with Gasteiger partial charge >= 0.3 is 0 Å².